The van der Waals surface area contributed by atoms with Crippen molar-refractivity contribution in [2.45, 2.75) is 13.1 Å². The SMILES string of the molecule is O=C(Cn1cc(C(=O)O)nn1)NCc1ccon1. The lowest BCUT2D eigenvalue weighted by atomic mass is 10.4. The van der Waals surface area contributed by atoms with E-state index >= 15 is 0 Å². The first-order valence-electron chi connectivity index (χ1n) is 4.94. The Balaban J connectivity index is 1.85. The van der Waals surface area contributed by atoms with Gasteiger partial charge in [-0.3, -0.25) is 4.79 Å². The van der Waals surface area contributed by atoms with Gasteiger partial charge in [0.2, 0.25) is 5.91 Å². The maximum absolute atomic E-state index is 11.5. The number of amides is 1. The first kappa shape index (κ1) is 11.8. The molecule has 2 rings (SSSR count). The zero-order chi connectivity index (χ0) is 13.0. The molecule has 0 saturated heterocycles. The molecule has 0 aliphatic rings. The molecule has 0 aromatic carbocycles. The van der Waals surface area contributed by atoms with Gasteiger partial charge in [-0.1, -0.05) is 10.4 Å². The number of carbonyl (C=O) groups excluding carboxylic acids is 1. The molecule has 9 heteroatoms. The van der Waals surface area contributed by atoms with Crippen LogP contribution in [0.15, 0.2) is 23.0 Å². The van der Waals surface area contributed by atoms with Crippen LogP contribution in [0.3, 0.4) is 0 Å². The van der Waals surface area contributed by atoms with Crippen molar-refractivity contribution in [1.82, 2.24) is 25.5 Å². The average Bonchev–Trinajstić information content (AvgIpc) is 2.96. The molecule has 2 aromatic rings. The van der Waals surface area contributed by atoms with Crippen LogP contribution in [0.4, 0.5) is 0 Å². The molecule has 0 saturated carbocycles. The number of rotatable bonds is 5. The highest BCUT2D eigenvalue weighted by atomic mass is 16.5. The van der Waals surface area contributed by atoms with Gasteiger partial charge in [-0.2, -0.15) is 0 Å². The van der Waals surface area contributed by atoms with Crippen molar-refractivity contribution >= 4 is 11.9 Å². The van der Waals surface area contributed by atoms with Crippen LogP contribution in [0.1, 0.15) is 16.2 Å². The summed E-state index contributed by atoms with van der Waals surface area (Å²) in [5, 5.41) is 21.7. The monoisotopic (exact) mass is 251 g/mol. The molecular weight excluding hydrogens is 242 g/mol. The van der Waals surface area contributed by atoms with E-state index in [1.165, 1.54) is 12.5 Å². The molecule has 94 valence electrons. The Kier molecular flexibility index (Phi) is 3.32. The summed E-state index contributed by atoms with van der Waals surface area (Å²) in [7, 11) is 0. The van der Waals surface area contributed by atoms with Crippen LogP contribution in [-0.4, -0.2) is 37.1 Å². The average molecular weight is 251 g/mol. The lowest BCUT2D eigenvalue weighted by Gasteiger charge is -2.01. The summed E-state index contributed by atoms with van der Waals surface area (Å²) in [6.45, 7) is 0.119. The number of carboxylic acids is 1. The predicted molar refractivity (Wildman–Crippen MR) is 55.3 cm³/mol. The zero-order valence-electron chi connectivity index (χ0n) is 9.11. The molecule has 2 heterocycles. The third-order valence-corrected chi connectivity index (χ3v) is 2.02. The van der Waals surface area contributed by atoms with E-state index in [1.807, 2.05) is 0 Å². The smallest absolute Gasteiger partial charge is 0.358 e. The molecule has 0 aliphatic heterocycles. The molecule has 2 aromatic heterocycles. The van der Waals surface area contributed by atoms with E-state index in [0.717, 1.165) is 4.68 Å². The predicted octanol–water partition coefficient (Wildman–Crippen LogP) is -0.719. The van der Waals surface area contributed by atoms with Gasteiger partial charge >= 0.3 is 5.97 Å². The minimum absolute atomic E-state index is 0.113. The number of hydrogen-bond donors (Lipinski definition) is 2. The van der Waals surface area contributed by atoms with Crippen molar-refractivity contribution in [2.75, 3.05) is 0 Å². The van der Waals surface area contributed by atoms with Crippen LogP contribution in [0.5, 0.6) is 0 Å². The minimum Gasteiger partial charge on any atom is -0.476 e. The lowest BCUT2D eigenvalue weighted by molar-refractivity contribution is -0.122. The third-order valence-electron chi connectivity index (χ3n) is 2.02. The standard InChI is InChI=1S/C9H9N5O4/c15-8(10-3-6-1-2-18-12-6)5-14-4-7(9(16)17)11-13-14/h1-2,4H,3,5H2,(H,10,15)(H,16,17). The van der Waals surface area contributed by atoms with Crippen LogP contribution in [0.2, 0.25) is 0 Å². The quantitative estimate of drug-likeness (QED) is 0.718. The van der Waals surface area contributed by atoms with Crippen LogP contribution in [-0.2, 0) is 17.9 Å². The molecule has 0 spiro atoms. The van der Waals surface area contributed by atoms with Crippen LogP contribution >= 0.6 is 0 Å². The fourth-order valence-corrected chi connectivity index (χ4v) is 1.19. The van der Waals surface area contributed by atoms with Gasteiger partial charge in [0.05, 0.1) is 12.7 Å². The molecule has 0 fully saturated rings. The van der Waals surface area contributed by atoms with Crippen molar-refractivity contribution in [3.05, 3.63) is 29.9 Å². The minimum atomic E-state index is -1.19. The molecule has 0 aliphatic carbocycles. The van der Waals surface area contributed by atoms with Gasteiger partial charge in [0.1, 0.15) is 18.5 Å². The van der Waals surface area contributed by atoms with E-state index in [-0.39, 0.29) is 24.7 Å². The number of nitrogens with one attached hydrogen (secondary N) is 1. The second-order valence-corrected chi connectivity index (χ2v) is 3.37. The summed E-state index contributed by atoms with van der Waals surface area (Å²) in [6, 6.07) is 1.62. The molecule has 0 atom stereocenters. The van der Waals surface area contributed by atoms with Crippen LogP contribution in [0.25, 0.3) is 0 Å². The molecule has 0 unspecified atom stereocenters. The van der Waals surface area contributed by atoms with Crippen LogP contribution in [0, 0.1) is 0 Å². The van der Waals surface area contributed by atoms with Gasteiger partial charge in [0, 0.05) is 6.07 Å². The van der Waals surface area contributed by atoms with Gasteiger partial charge in [-0.05, 0) is 0 Å². The van der Waals surface area contributed by atoms with E-state index in [0.29, 0.717) is 5.69 Å². The molecule has 9 nitrogen and oxygen atoms in total. The normalized spacial score (nSPS) is 10.2. The first-order valence-corrected chi connectivity index (χ1v) is 4.94. The van der Waals surface area contributed by atoms with Crippen molar-refractivity contribution in [1.29, 1.82) is 0 Å². The van der Waals surface area contributed by atoms with E-state index in [9.17, 15) is 9.59 Å². The fourth-order valence-electron chi connectivity index (χ4n) is 1.19. The molecule has 0 radical (unpaired) electrons. The Bertz CT molecular complexity index is 547. The van der Waals surface area contributed by atoms with E-state index in [1.54, 1.807) is 6.07 Å². The van der Waals surface area contributed by atoms with Crippen molar-refractivity contribution in [3.8, 4) is 0 Å². The molecule has 18 heavy (non-hydrogen) atoms. The van der Waals surface area contributed by atoms with E-state index in [2.05, 4.69) is 25.3 Å². The second-order valence-electron chi connectivity index (χ2n) is 3.37. The maximum Gasteiger partial charge on any atom is 0.358 e. The van der Waals surface area contributed by atoms with Gasteiger partial charge in [-0.25, -0.2) is 9.48 Å². The summed E-state index contributed by atoms with van der Waals surface area (Å²) in [6.07, 6.45) is 2.58. The molecule has 0 bridgehead atoms. The molecular formula is C9H9N5O4. The summed E-state index contributed by atoms with van der Waals surface area (Å²) < 4.78 is 5.74. The molecule has 1 amide bonds. The number of aromatic carboxylic acids is 1. The molecule has 2 N–H and O–H groups in total. The number of carbonyl (C=O) groups is 2. The first-order chi connectivity index (χ1) is 8.65. The Morgan fingerprint density at radius 2 is 2.33 bits per heavy atom. The third kappa shape index (κ3) is 2.90. The number of hydrogen-bond acceptors (Lipinski definition) is 6. The van der Waals surface area contributed by atoms with Crippen molar-refractivity contribution in [2.24, 2.45) is 0 Å². The van der Waals surface area contributed by atoms with Gasteiger partial charge in [-0.15, -0.1) is 5.10 Å². The highest BCUT2D eigenvalue weighted by molar-refractivity contribution is 5.84. The topological polar surface area (TPSA) is 123 Å². The largest absolute Gasteiger partial charge is 0.476 e. The van der Waals surface area contributed by atoms with Crippen LogP contribution < -0.4 is 5.32 Å². The Morgan fingerprint density at radius 3 is 2.94 bits per heavy atom. The number of nitrogens with zero attached hydrogens (tertiary/aromatic N) is 4. The van der Waals surface area contributed by atoms with Gasteiger partial charge in [0.25, 0.3) is 0 Å². The Morgan fingerprint density at radius 1 is 1.50 bits per heavy atom. The van der Waals surface area contributed by atoms with Gasteiger partial charge < -0.3 is 14.9 Å². The van der Waals surface area contributed by atoms with E-state index < -0.39 is 5.97 Å². The fraction of sp³-hybridized carbons (Fsp3) is 0.222. The van der Waals surface area contributed by atoms with Crippen molar-refractivity contribution in [3.63, 3.8) is 0 Å². The maximum atomic E-state index is 11.5. The number of aromatic nitrogens is 4. The lowest BCUT2D eigenvalue weighted by Crippen LogP contribution is -2.27. The second kappa shape index (κ2) is 5.08. The Hall–Kier alpha value is -2.71. The summed E-state index contributed by atoms with van der Waals surface area (Å²) in [5.74, 6) is -1.52. The highest BCUT2D eigenvalue weighted by Gasteiger charge is 2.10. The van der Waals surface area contributed by atoms with Gasteiger partial charge in [0.15, 0.2) is 5.69 Å². The van der Waals surface area contributed by atoms with E-state index in [4.69, 9.17) is 5.11 Å². The Labute approximate surface area is 100 Å². The van der Waals surface area contributed by atoms with Crippen molar-refractivity contribution < 1.29 is 19.2 Å². The highest BCUT2D eigenvalue weighted by Crippen LogP contribution is 1.95. The number of carboxylic acid groups (broad SMARTS) is 1. The zero-order valence-corrected chi connectivity index (χ0v) is 9.11. The summed E-state index contributed by atoms with van der Waals surface area (Å²) >= 11 is 0. The summed E-state index contributed by atoms with van der Waals surface area (Å²) in [5.41, 5.74) is 0.382. The summed E-state index contributed by atoms with van der Waals surface area (Å²) in [4.78, 5) is 22.0.